The van der Waals surface area contributed by atoms with E-state index in [-0.39, 0.29) is 5.56 Å². The Morgan fingerprint density at radius 3 is 2.35 bits per heavy atom. The van der Waals surface area contributed by atoms with Crippen LogP contribution in [0.1, 0.15) is 29.7 Å². The van der Waals surface area contributed by atoms with E-state index in [1.165, 1.54) is 18.4 Å². The van der Waals surface area contributed by atoms with Crippen LogP contribution in [0.15, 0.2) is 69.6 Å². The van der Waals surface area contributed by atoms with Gasteiger partial charge in [0.2, 0.25) is 0 Å². The number of fused-ring (bicyclic) bond motifs is 1. The number of ether oxygens (including phenoxy) is 2. The average molecular weight is 435 g/mol. The second-order valence-corrected chi connectivity index (χ2v) is 8.27. The number of aryl methyl sites for hydroxylation is 1. The molecule has 1 unspecified atom stereocenters. The number of esters is 1. The Bertz CT molecular complexity index is 1350. The quantitative estimate of drug-likeness (QED) is 0.592. The molecule has 1 aliphatic heterocycles. The first kappa shape index (κ1) is 20.8. The summed E-state index contributed by atoms with van der Waals surface area (Å²) in [6.07, 6.45) is 1.83. The van der Waals surface area contributed by atoms with E-state index in [4.69, 9.17) is 9.47 Å². The van der Waals surface area contributed by atoms with Gasteiger partial charge in [-0.05, 0) is 43.2 Å². The molecule has 0 saturated carbocycles. The zero-order valence-electron chi connectivity index (χ0n) is 17.7. The van der Waals surface area contributed by atoms with Crippen molar-refractivity contribution >= 4 is 23.4 Å². The lowest BCUT2D eigenvalue weighted by Gasteiger charge is -2.24. The monoisotopic (exact) mass is 434 g/mol. The molecule has 1 atom stereocenters. The van der Waals surface area contributed by atoms with Gasteiger partial charge in [0.15, 0.2) is 4.80 Å². The van der Waals surface area contributed by atoms with E-state index in [0.717, 1.165) is 22.4 Å². The standard InChI is InChI=1S/C24H22N2O4S/c1-14-5-9-17(10-6-14)21-20(23(28)30-4)15(2)25-24-26(21)22(27)19(31-24)13-16-7-11-18(29-3)12-8-16/h5-13,21H,1-4H3/b19-13+. The highest BCUT2D eigenvalue weighted by molar-refractivity contribution is 7.07. The van der Waals surface area contributed by atoms with Gasteiger partial charge in [-0.1, -0.05) is 53.3 Å². The Morgan fingerprint density at radius 1 is 1.06 bits per heavy atom. The second-order valence-electron chi connectivity index (χ2n) is 7.26. The van der Waals surface area contributed by atoms with Crippen molar-refractivity contribution in [3.63, 3.8) is 0 Å². The summed E-state index contributed by atoms with van der Waals surface area (Å²) in [5.41, 5.74) is 3.53. The number of carbonyl (C=O) groups excluding carboxylic acids is 1. The van der Waals surface area contributed by atoms with Gasteiger partial charge in [0, 0.05) is 0 Å². The highest BCUT2D eigenvalue weighted by Crippen LogP contribution is 2.30. The molecule has 0 spiro atoms. The van der Waals surface area contributed by atoms with Gasteiger partial charge in [-0.2, -0.15) is 0 Å². The molecule has 7 heteroatoms. The summed E-state index contributed by atoms with van der Waals surface area (Å²) >= 11 is 1.30. The Labute approximate surface area is 183 Å². The topological polar surface area (TPSA) is 69.9 Å². The normalized spacial score (nSPS) is 16.0. The van der Waals surface area contributed by atoms with Gasteiger partial charge in [0.25, 0.3) is 5.56 Å². The highest BCUT2D eigenvalue weighted by Gasteiger charge is 2.32. The summed E-state index contributed by atoms with van der Waals surface area (Å²) in [4.78, 5) is 31.2. The molecule has 158 valence electrons. The Hall–Kier alpha value is -3.45. The van der Waals surface area contributed by atoms with E-state index in [9.17, 15) is 9.59 Å². The summed E-state index contributed by atoms with van der Waals surface area (Å²) < 4.78 is 12.4. The molecule has 31 heavy (non-hydrogen) atoms. The minimum atomic E-state index is -0.595. The van der Waals surface area contributed by atoms with Gasteiger partial charge in [0.1, 0.15) is 5.75 Å². The first-order chi connectivity index (χ1) is 14.9. The average Bonchev–Trinajstić information content (AvgIpc) is 3.08. The second kappa shape index (κ2) is 8.35. The van der Waals surface area contributed by atoms with Crippen LogP contribution in [0.5, 0.6) is 5.75 Å². The molecule has 0 N–H and O–H groups in total. The summed E-state index contributed by atoms with van der Waals surface area (Å²) in [5.74, 6) is 0.257. The van der Waals surface area contributed by atoms with Crippen LogP contribution >= 0.6 is 11.3 Å². The molecule has 0 fully saturated rings. The van der Waals surface area contributed by atoms with Crippen molar-refractivity contribution in [1.29, 1.82) is 0 Å². The predicted molar refractivity (Wildman–Crippen MR) is 120 cm³/mol. The first-order valence-corrected chi connectivity index (χ1v) is 10.6. The van der Waals surface area contributed by atoms with Crippen molar-refractivity contribution < 1.29 is 14.3 Å². The van der Waals surface area contributed by atoms with Crippen molar-refractivity contribution in [1.82, 2.24) is 4.57 Å². The van der Waals surface area contributed by atoms with E-state index in [2.05, 4.69) is 4.99 Å². The van der Waals surface area contributed by atoms with E-state index >= 15 is 0 Å². The minimum absolute atomic E-state index is 0.195. The summed E-state index contributed by atoms with van der Waals surface area (Å²) in [6.45, 7) is 3.76. The maximum atomic E-state index is 13.4. The number of rotatable bonds is 4. The lowest BCUT2D eigenvalue weighted by molar-refractivity contribution is -0.136. The third kappa shape index (κ3) is 3.84. The minimum Gasteiger partial charge on any atom is -0.497 e. The van der Waals surface area contributed by atoms with E-state index in [0.29, 0.717) is 20.6 Å². The first-order valence-electron chi connectivity index (χ1n) is 9.74. The molecule has 0 saturated heterocycles. The fourth-order valence-corrected chi connectivity index (χ4v) is 4.65. The lowest BCUT2D eigenvalue weighted by Crippen LogP contribution is -2.39. The molecular formula is C24H22N2O4S. The van der Waals surface area contributed by atoms with Crippen LogP contribution in [-0.2, 0) is 9.53 Å². The lowest BCUT2D eigenvalue weighted by atomic mass is 9.95. The Kier molecular flexibility index (Phi) is 5.61. The number of carbonyl (C=O) groups is 1. The van der Waals surface area contributed by atoms with Gasteiger partial charge in [-0.15, -0.1) is 0 Å². The number of hydrogen-bond donors (Lipinski definition) is 0. The van der Waals surface area contributed by atoms with E-state index in [1.54, 1.807) is 18.6 Å². The molecule has 6 nitrogen and oxygen atoms in total. The largest absolute Gasteiger partial charge is 0.497 e. The van der Waals surface area contributed by atoms with Gasteiger partial charge in [0.05, 0.1) is 36.1 Å². The molecule has 1 aliphatic rings. The van der Waals surface area contributed by atoms with Crippen LogP contribution in [0.4, 0.5) is 0 Å². The fourth-order valence-electron chi connectivity index (χ4n) is 3.61. The van der Waals surface area contributed by atoms with Crippen molar-refractivity contribution in [2.75, 3.05) is 14.2 Å². The Morgan fingerprint density at radius 2 is 1.74 bits per heavy atom. The molecule has 1 aromatic heterocycles. The number of methoxy groups -OCH3 is 2. The summed E-state index contributed by atoms with van der Waals surface area (Å²) in [7, 11) is 2.95. The molecule has 3 aromatic rings. The van der Waals surface area contributed by atoms with Gasteiger partial charge in [-0.3, -0.25) is 9.36 Å². The Balaban J connectivity index is 1.93. The van der Waals surface area contributed by atoms with Crippen molar-refractivity contribution in [2.24, 2.45) is 4.99 Å². The van der Waals surface area contributed by atoms with Crippen LogP contribution in [0.25, 0.3) is 6.08 Å². The summed E-state index contributed by atoms with van der Waals surface area (Å²) in [6, 6.07) is 14.7. The maximum absolute atomic E-state index is 13.4. The van der Waals surface area contributed by atoms with Crippen molar-refractivity contribution in [3.8, 4) is 5.75 Å². The van der Waals surface area contributed by atoms with Crippen LogP contribution in [0.2, 0.25) is 0 Å². The zero-order valence-corrected chi connectivity index (χ0v) is 18.5. The zero-order chi connectivity index (χ0) is 22.1. The van der Waals surface area contributed by atoms with E-state index < -0.39 is 12.0 Å². The van der Waals surface area contributed by atoms with Crippen molar-refractivity contribution in [2.45, 2.75) is 19.9 Å². The predicted octanol–water partition coefficient (Wildman–Crippen LogP) is 2.73. The summed E-state index contributed by atoms with van der Waals surface area (Å²) in [5, 5.41) is 0. The molecule has 0 amide bonds. The number of allylic oxidation sites excluding steroid dienone is 1. The highest BCUT2D eigenvalue weighted by atomic mass is 32.1. The number of aromatic nitrogens is 1. The molecule has 2 aromatic carbocycles. The SMILES string of the molecule is COC(=O)C1=C(C)N=c2s/c(=C/c3ccc(OC)cc3)c(=O)n2C1c1ccc(C)cc1. The molecule has 2 heterocycles. The smallest absolute Gasteiger partial charge is 0.338 e. The van der Waals surface area contributed by atoms with Crippen LogP contribution in [0, 0.1) is 6.92 Å². The molecule has 0 aliphatic carbocycles. The third-order valence-electron chi connectivity index (χ3n) is 5.23. The van der Waals surface area contributed by atoms with Crippen molar-refractivity contribution in [3.05, 3.63) is 96.2 Å². The number of nitrogens with zero attached hydrogens (tertiary/aromatic N) is 2. The van der Waals surface area contributed by atoms with Gasteiger partial charge >= 0.3 is 5.97 Å². The van der Waals surface area contributed by atoms with Gasteiger partial charge in [-0.25, -0.2) is 9.79 Å². The fraction of sp³-hybridized carbons (Fsp3) is 0.208. The van der Waals surface area contributed by atoms with Crippen LogP contribution < -0.4 is 19.6 Å². The van der Waals surface area contributed by atoms with Crippen LogP contribution in [-0.4, -0.2) is 24.8 Å². The number of thiazole rings is 1. The van der Waals surface area contributed by atoms with Crippen LogP contribution in [0.3, 0.4) is 0 Å². The molecule has 0 radical (unpaired) electrons. The van der Waals surface area contributed by atoms with Gasteiger partial charge < -0.3 is 9.47 Å². The number of hydrogen-bond acceptors (Lipinski definition) is 6. The molecule has 4 rings (SSSR count). The third-order valence-corrected chi connectivity index (χ3v) is 6.22. The number of benzene rings is 2. The van der Waals surface area contributed by atoms with E-state index in [1.807, 2.05) is 61.5 Å². The molecular weight excluding hydrogens is 412 g/mol. The molecule has 0 bridgehead atoms. The maximum Gasteiger partial charge on any atom is 0.338 e.